The van der Waals surface area contributed by atoms with E-state index < -0.39 is 12.3 Å². The second kappa shape index (κ2) is 11.9. The van der Waals surface area contributed by atoms with Gasteiger partial charge in [-0.05, 0) is 81.1 Å². The molecular formula is C25H30N2O7. The summed E-state index contributed by atoms with van der Waals surface area (Å²) in [7, 11) is 0. The van der Waals surface area contributed by atoms with Crippen molar-refractivity contribution in [2.45, 2.75) is 32.8 Å². The molecule has 2 N–H and O–H groups in total. The van der Waals surface area contributed by atoms with E-state index in [0.29, 0.717) is 36.7 Å². The van der Waals surface area contributed by atoms with Crippen molar-refractivity contribution in [3.05, 3.63) is 54.1 Å². The predicted molar refractivity (Wildman–Crippen MR) is 124 cm³/mol. The minimum absolute atomic E-state index is 0.0823. The van der Waals surface area contributed by atoms with E-state index in [1.807, 2.05) is 0 Å². The molecule has 0 aromatic heterocycles. The molecule has 2 aromatic carbocycles. The number of hydrogen-bond acceptors (Lipinski definition) is 7. The molecule has 1 aliphatic rings. The van der Waals surface area contributed by atoms with Gasteiger partial charge in [0.15, 0.2) is 6.10 Å². The number of phenolic OH excluding ortho intramolecular Hbond substituents is 1. The summed E-state index contributed by atoms with van der Waals surface area (Å²) >= 11 is 0. The third-order valence-electron chi connectivity index (χ3n) is 5.55. The topological polar surface area (TPSA) is 114 Å². The molecule has 9 nitrogen and oxygen atoms in total. The van der Waals surface area contributed by atoms with Gasteiger partial charge in [0, 0.05) is 25.2 Å². The molecule has 9 heteroatoms. The molecule has 1 fully saturated rings. The molecule has 0 saturated carbocycles. The average Bonchev–Trinajstić information content (AvgIpc) is 2.84. The summed E-state index contributed by atoms with van der Waals surface area (Å²) in [4.78, 5) is 38.3. The van der Waals surface area contributed by atoms with Crippen LogP contribution in [0.1, 0.15) is 37.0 Å². The summed E-state index contributed by atoms with van der Waals surface area (Å²) in [6.07, 6.45) is 0.117. The first kappa shape index (κ1) is 24.9. The van der Waals surface area contributed by atoms with Crippen molar-refractivity contribution in [2.24, 2.45) is 5.92 Å². The number of carbonyl (C=O) groups excluding carboxylic acids is 3. The van der Waals surface area contributed by atoms with Gasteiger partial charge in [-0.1, -0.05) is 0 Å². The van der Waals surface area contributed by atoms with Gasteiger partial charge in [0.05, 0.1) is 6.61 Å². The van der Waals surface area contributed by atoms with Gasteiger partial charge in [0.1, 0.15) is 17.2 Å². The fourth-order valence-electron chi connectivity index (χ4n) is 3.60. The zero-order valence-corrected chi connectivity index (χ0v) is 19.4. The lowest BCUT2D eigenvalue weighted by atomic mass is 9.96. The van der Waals surface area contributed by atoms with Crippen LogP contribution in [0.4, 0.5) is 4.79 Å². The summed E-state index contributed by atoms with van der Waals surface area (Å²) in [5.41, 5.74) is 0.517. The Morgan fingerprint density at radius 3 is 2.26 bits per heavy atom. The van der Waals surface area contributed by atoms with E-state index >= 15 is 0 Å². The summed E-state index contributed by atoms with van der Waals surface area (Å²) in [5, 5.41) is 12.2. The number of piperidine rings is 1. The fraction of sp³-hybridized carbons (Fsp3) is 0.400. The smallest absolute Gasteiger partial charge is 0.508 e. The van der Waals surface area contributed by atoms with Crippen molar-refractivity contribution < 1.29 is 33.7 Å². The molecule has 3 rings (SSSR count). The number of nitrogens with one attached hydrogen (secondary N) is 1. The second-order valence-corrected chi connectivity index (χ2v) is 8.04. The maximum absolute atomic E-state index is 12.8. The zero-order valence-electron chi connectivity index (χ0n) is 19.4. The molecule has 1 saturated heterocycles. The van der Waals surface area contributed by atoms with Gasteiger partial charge >= 0.3 is 6.16 Å². The summed E-state index contributed by atoms with van der Waals surface area (Å²) in [6.45, 7) is 5.30. The molecule has 1 unspecified atom stereocenters. The Bertz CT molecular complexity index is 968. The Balaban J connectivity index is 1.40. The van der Waals surface area contributed by atoms with E-state index in [1.54, 1.807) is 55.1 Å². The summed E-state index contributed by atoms with van der Waals surface area (Å²) in [5.74, 6) is 0.933. The number of ether oxygens (including phenoxy) is 3. The lowest BCUT2D eigenvalue weighted by molar-refractivity contribution is -0.127. The molecule has 0 spiro atoms. The van der Waals surface area contributed by atoms with Crippen LogP contribution in [0, 0.1) is 5.92 Å². The predicted octanol–water partition coefficient (Wildman–Crippen LogP) is 3.36. The SMILES string of the molecule is CCOC(=O)Oc1ccc(C(=O)N2CCC(CNC(=O)C(C)Oc3ccc(O)cc3)CC2)cc1. The highest BCUT2D eigenvalue weighted by atomic mass is 16.7. The fourth-order valence-corrected chi connectivity index (χ4v) is 3.60. The summed E-state index contributed by atoms with van der Waals surface area (Å²) in [6, 6.07) is 12.6. The van der Waals surface area contributed by atoms with E-state index in [9.17, 15) is 19.5 Å². The van der Waals surface area contributed by atoms with Crippen LogP contribution < -0.4 is 14.8 Å². The molecular weight excluding hydrogens is 440 g/mol. The molecule has 1 aliphatic heterocycles. The van der Waals surface area contributed by atoms with Gasteiger partial charge in [0.2, 0.25) is 0 Å². The quantitative estimate of drug-likeness (QED) is 0.449. The Kier molecular flexibility index (Phi) is 8.73. The molecule has 34 heavy (non-hydrogen) atoms. The maximum Gasteiger partial charge on any atom is 0.513 e. The minimum Gasteiger partial charge on any atom is -0.508 e. The zero-order chi connectivity index (χ0) is 24.5. The Morgan fingerprint density at radius 1 is 1.03 bits per heavy atom. The molecule has 2 amide bonds. The van der Waals surface area contributed by atoms with Crippen LogP contribution in [-0.4, -0.2) is 60.3 Å². The number of amides is 2. The van der Waals surface area contributed by atoms with E-state index in [2.05, 4.69) is 5.32 Å². The van der Waals surface area contributed by atoms with Gasteiger partial charge < -0.3 is 29.5 Å². The third kappa shape index (κ3) is 7.13. The largest absolute Gasteiger partial charge is 0.513 e. The number of benzene rings is 2. The van der Waals surface area contributed by atoms with Crippen LogP contribution in [-0.2, 0) is 9.53 Å². The van der Waals surface area contributed by atoms with Gasteiger partial charge in [0.25, 0.3) is 11.8 Å². The van der Waals surface area contributed by atoms with Gasteiger partial charge in [-0.15, -0.1) is 0 Å². The van der Waals surface area contributed by atoms with Crippen LogP contribution in [0.15, 0.2) is 48.5 Å². The van der Waals surface area contributed by atoms with Crippen molar-refractivity contribution in [1.29, 1.82) is 0 Å². The summed E-state index contributed by atoms with van der Waals surface area (Å²) < 4.78 is 15.3. The number of likely N-dealkylation sites (tertiary alicyclic amines) is 1. The normalized spacial score (nSPS) is 14.7. The van der Waals surface area contributed by atoms with E-state index in [1.165, 1.54) is 12.1 Å². The van der Waals surface area contributed by atoms with Crippen LogP contribution in [0.5, 0.6) is 17.2 Å². The second-order valence-electron chi connectivity index (χ2n) is 8.04. The number of aromatic hydroxyl groups is 1. The lowest BCUT2D eigenvalue weighted by Crippen LogP contribution is -2.43. The van der Waals surface area contributed by atoms with Crippen molar-refractivity contribution in [1.82, 2.24) is 10.2 Å². The Hall–Kier alpha value is -3.75. The first-order valence-corrected chi connectivity index (χ1v) is 11.3. The molecule has 1 heterocycles. The van der Waals surface area contributed by atoms with Gasteiger partial charge in [-0.25, -0.2) is 4.79 Å². The highest BCUT2D eigenvalue weighted by Gasteiger charge is 2.25. The number of rotatable bonds is 8. The first-order chi connectivity index (χ1) is 16.4. The molecule has 0 radical (unpaired) electrons. The number of nitrogens with zero attached hydrogens (tertiary/aromatic N) is 1. The highest BCUT2D eigenvalue weighted by molar-refractivity contribution is 5.94. The van der Waals surface area contributed by atoms with Crippen molar-refractivity contribution in [3.63, 3.8) is 0 Å². The van der Waals surface area contributed by atoms with Crippen LogP contribution in [0.2, 0.25) is 0 Å². The third-order valence-corrected chi connectivity index (χ3v) is 5.55. The van der Waals surface area contributed by atoms with Crippen molar-refractivity contribution >= 4 is 18.0 Å². The standard InChI is InChI=1S/C25H30N2O7/c1-3-32-25(31)34-22-8-4-19(5-9-22)24(30)27-14-12-18(13-15-27)16-26-23(29)17(2)33-21-10-6-20(28)7-11-21/h4-11,17-18,28H,3,12-16H2,1-2H3,(H,26,29). The van der Waals surface area contributed by atoms with Gasteiger partial charge in [-0.3, -0.25) is 9.59 Å². The molecule has 182 valence electrons. The maximum atomic E-state index is 12.8. The van der Waals surface area contributed by atoms with Crippen molar-refractivity contribution in [3.8, 4) is 17.2 Å². The monoisotopic (exact) mass is 470 g/mol. The molecule has 0 bridgehead atoms. The van der Waals surface area contributed by atoms with E-state index in [0.717, 1.165) is 12.8 Å². The Labute approximate surface area is 198 Å². The van der Waals surface area contributed by atoms with E-state index in [-0.39, 0.29) is 30.1 Å². The number of hydrogen-bond donors (Lipinski definition) is 2. The minimum atomic E-state index is -0.781. The Morgan fingerprint density at radius 2 is 1.65 bits per heavy atom. The van der Waals surface area contributed by atoms with Crippen LogP contribution in [0.3, 0.4) is 0 Å². The molecule has 2 aromatic rings. The van der Waals surface area contributed by atoms with Crippen molar-refractivity contribution in [2.75, 3.05) is 26.2 Å². The first-order valence-electron chi connectivity index (χ1n) is 11.3. The van der Waals surface area contributed by atoms with E-state index in [4.69, 9.17) is 14.2 Å². The lowest BCUT2D eigenvalue weighted by Gasteiger charge is -2.32. The van der Waals surface area contributed by atoms with Crippen LogP contribution >= 0.6 is 0 Å². The van der Waals surface area contributed by atoms with Gasteiger partial charge in [-0.2, -0.15) is 0 Å². The van der Waals surface area contributed by atoms with Crippen LogP contribution in [0.25, 0.3) is 0 Å². The number of carbonyl (C=O) groups is 3. The average molecular weight is 471 g/mol. The molecule has 1 atom stereocenters. The number of phenols is 1. The molecule has 0 aliphatic carbocycles. The highest BCUT2D eigenvalue weighted by Crippen LogP contribution is 2.21.